The molecule has 0 aliphatic heterocycles. The van der Waals surface area contributed by atoms with Crippen molar-refractivity contribution in [1.29, 1.82) is 0 Å². The van der Waals surface area contributed by atoms with Crippen LogP contribution >= 0.6 is 0 Å². The summed E-state index contributed by atoms with van der Waals surface area (Å²) in [6.45, 7) is 1.63. The average molecular weight is 249 g/mol. The van der Waals surface area contributed by atoms with Gasteiger partial charge in [-0.2, -0.15) is 5.10 Å². The van der Waals surface area contributed by atoms with E-state index in [1.165, 1.54) is 6.21 Å². The summed E-state index contributed by atoms with van der Waals surface area (Å²) >= 11 is 0. The Bertz CT molecular complexity index is 431. The molecule has 18 heavy (non-hydrogen) atoms. The van der Waals surface area contributed by atoms with Crippen molar-refractivity contribution in [3.63, 3.8) is 0 Å². The van der Waals surface area contributed by atoms with E-state index in [1.807, 2.05) is 30.3 Å². The Balaban J connectivity index is 2.66. The first kappa shape index (κ1) is 13.7. The fourth-order valence-corrected chi connectivity index (χ4v) is 1.18. The highest BCUT2D eigenvalue weighted by Gasteiger charge is 2.13. The largest absolute Gasteiger partial charge is 0.465 e. The second-order valence-corrected chi connectivity index (χ2v) is 3.36. The lowest BCUT2D eigenvalue weighted by atomic mass is 10.2. The van der Waals surface area contributed by atoms with Crippen LogP contribution in [0.2, 0.25) is 0 Å². The van der Waals surface area contributed by atoms with Gasteiger partial charge in [-0.3, -0.25) is 4.79 Å². The van der Waals surface area contributed by atoms with E-state index in [0.717, 1.165) is 10.6 Å². The molecular formula is C12H15N3O3. The molecule has 0 aromatic heterocycles. The van der Waals surface area contributed by atoms with E-state index in [-0.39, 0.29) is 13.2 Å². The van der Waals surface area contributed by atoms with Crippen LogP contribution in [0.25, 0.3) is 0 Å². The molecule has 0 heterocycles. The molecule has 2 amide bonds. The quantitative estimate of drug-likeness (QED) is 0.479. The van der Waals surface area contributed by atoms with Gasteiger partial charge in [-0.05, 0) is 12.5 Å². The number of nitrogens with two attached hydrogens (primary N) is 1. The summed E-state index contributed by atoms with van der Waals surface area (Å²) in [6.07, 6.45) is 1.45. The Labute approximate surface area is 105 Å². The van der Waals surface area contributed by atoms with E-state index in [4.69, 9.17) is 10.5 Å². The number of hydrogen-bond acceptors (Lipinski definition) is 4. The number of benzene rings is 1. The van der Waals surface area contributed by atoms with Crippen LogP contribution in [-0.2, 0) is 9.53 Å². The summed E-state index contributed by atoms with van der Waals surface area (Å²) in [5, 5.41) is 4.70. The first-order chi connectivity index (χ1) is 8.63. The summed E-state index contributed by atoms with van der Waals surface area (Å²) in [4.78, 5) is 22.3. The van der Waals surface area contributed by atoms with E-state index in [2.05, 4.69) is 5.10 Å². The smallest absolute Gasteiger partial charge is 0.335 e. The number of urea groups is 1. The maximum atomic E-state index is 11.2. The summed E-state index contributed by atoms with van der Waals surface area (Å²) in [5.74, 6) is -0.554. The minimum Gasteiger partial charge on any atom is -0.465 e. The first-order valence-electron chi connectivity index (χ1n) is 5.45. The lowest BCUT2D eigenvalue weighted by molar-refractivity contribution is -0.143. The molecule has 0 bridgehead atoms. The second-order valence-electron chi connectivity index (χ2n) is 3.36. The zero-order valence-electron chi connectivity index (χ0n) is 10.1. The van der Waals surface area contributed by atoms with Crippen LogP contribution in [0.5, 0.6) is 0 Å². The van der Waals surface area contributed by atoms with Crippen LogP contribution in [0, 0.1) is 0 Å². The van der Waals surface area contributed by atoms with Crippen molar-refractivity contribution in [2.45, 2.75) is 6.92 Å². The predicted octanol–water partition coefficient (Wildman–Crippen LogP) is 0.964. The zero-order chi connectivity index (χ0) is 13.4. The molecule has 0 aliphatic rings. The van der Waals surface area contributed by atoms with Crippen LogP contribution < -0.4 is 5.73 Å². The van der Waals surface area contributed by atoms with Gasteiger partial charge in [-0.25, -0.2) is 9.80 Å². The van der Waals surface area contributed by atoms with Gasteiger partial charge in [0.1, 0.15) is 6.54 Å². The lowest BCUT2D eigenvalue weighted by Gasteiger charge is -2.12. The highest BCUT2D eigenvalue weighted by atomic mass is 16.5. The number of rotatable bonds is 5. The summed E-state index contributed by atoms with van der Waals surface area (Å²) < 4.78 is 4.71. The number of esters is 1. The minimum atomic E-state index is -0.810. The van der Waals surface area contributed by atoms with Gasteiger partial charge in [0, 0.05) is 0 Å². The van der Waals surface area contributed by atoms with Crippen LogP contribution in [-0.4, -0.2) is 36.4 Å². The van der Waals surface area contributed by atoms with Gasteiger partial charge in [0.05, 0.1) is 12.8 Å². The summed E-state index contributed by atoms with van der Waals surface area (Å²) in [5.41, 5.74) is 5.91. The zero-order valence-corrected chi connectivity index (χ0v) is 10.1. The fraction of sp³-hybridized carbons (Fsp3) is 0.250. The third-order valence-electron chi connectivity index (χ3n) is 1.98. The van der Waals surface area contributed by atoms with Gasteiger partial charge in [-0.1, -0.05) is 30.3 Å². The molecule has 0 radical (unpaired) electrons. The molecule has 6 heteroatoms. The Morgan fingerprint density at radius 1 is 1.39 bits per heavy atom. The predicted molar refractivity (Wildman–Crippen MR) is 67.0 cm³/mol. The van der Waals surface area contributed by atoms with Crippen molar-refractivity contribution in [2.75, 3.05) is 13.2 Å². The van der Waals surface area contributed by atoms with E-state index < -0.39 is 12.0 Å². The molecule has 0 fully saturated rings. The van der Waals surface area contributed by atoms with Crippen molar-refractivity contribution in [1.82, 2.24) is 5.01 Å². The van der Waals surface area contributed by atoms with Gasteiger partial charge in [-0.15, -0.1) is 0 Å². The SMILES string of the molecule is CCOC(=O)CN(N=Cc1ccccc1)C(N)=O. The monoisotopic (exact) mass is 249 g/mol. The van der Waals surface area contributed by atoms with Crippen LogP contribution in [0.15, 0.2) is 35.4 Å². The van der Waals surface area contributed by atoms with Crippen molar-refractivity contribution in [3.05, 3.63) is 35.9 Å². The van der Waals surface area contributed by atoms with Crippen molar-refractivity contribution in [2.24, 2.45) is 10.8 Å². The third-order valence-corrected chi connectivity index (χ3v) is 1.98. The number of nitrogens with zero attached hydrogens (tertiary/aromatic N) is 2. The molecule has 2 N–H and O–H groups in total. The van der Waals surface area contributed by atoms with Crippen molar-refractivity contribution in [3.8, 4) is 0 Å². The molecule has 0 spiro atoms. The number of amides is 2. The second kappa shape index (κ2) is 7.05. The molecule has 6 nitrogen and oxygen atoms in total. The number of hydrazone groups is 1. The Morgan fingerprint density at radius 3 is 2.61 bits per heavy atom. The van der Waals surface area contributed by atoms with Gasteiger partial charge in [0.15, 0.2) is 0 Å². The molecule has 0 unspecified atom stereocenters. The molecule has 1 rings (SSSR count). The number of hydrogen-bond donors (Lipinski definition) is 1. The lowest BCUT2D eigenvalue weighted by Crippen LogP contribution is -2.36. The standard InChI is InChI=1S/C12H15N3O3/c1-2-18-11(16)9-15(12(13)17)14-8-10-6-4-3-5-7-10/h3-8H,2,9H2,1H3,(H2,13,17). The molecule has 1 aromatic rings. The molecule has 0 saturated carbocycles. The molecule has 1 aromatic carbocycles. The molecule has 0 aliphatic carbocycles. The van der Waals surface area contributed by atoms with E-state index in [1.54, 1.807) is 6.92 Å². The summed E-state index contributed by atoms with van der Waals surface area (Å²) in [6, 6.07) is 8.35. The van der Waals surface area contributed by atoms with Crippen molar-refractivity contribution < 1.29 is 14.3 Å². The van der Waals surface area contributed by atoms with Gasteiger partial charge >= 0.3 is 12.0 Å². The van der Waals surface area contributed by atoms with E-state index >= 15 is 0 Å². The molecule has 96 valence electrons. The van der Waals surface area contributed by atoms with Crippen LogP contribution in [0.4, 0.5) is 4.79 Å². The first-order valence-corrected chi connectivity index (χ1v) is 5.45. The maximum Gasteiger partial charge on any atom is 0.335 e. The van der Waals surface area contributed by atoms with E-state index in [0.29, 0.717) is 0 Å². The Hall–Kier alpha value is -2.37. The molecule has 0 atom stereocenters. The number of primary amides is 1. The highest BCUT2D eigenvalue weighted by molar-refractivity contribution is 5.83. The third kappa shape index (κ3) is 4.65. The molecular weight excluding hydrogens is 234 g/mol. The number of carbonyl (C=O) groups is 2. The van der Waals surface area contributed by atoms with Crippen LogP contribution in [0.3, 0.4) is 0 Å². The molecule has 0 saturated heterocycles. The van der Waals surface area contributed by atoms with Gasteiger partial charge in [0.25, 0.3) is 0 Å². The average Bonchev–Trinajstić information content (AvgIpc) is 2.35. The topological polar surface area (TPSA) is 85.0 Å². The maximum absolute atomic E-state index is 11.2. The minimum absolute atomic E-state index is 0.244. The summed E-state index contributed by atoms with van der Waals surface area (Å²) in [7, 11) is 0. The Morgan fingerprint density at radius 2 is 2.06 bits per heavy atom. The van der Waals surface area contributed by atoms with E-state index in [9.17, 15) is 9.59 Å². The number of ether oxygens (including phenoxy) is 1. The van der Waals surface area contributed by atoms with Gasteiger partial charge in [0.2, 0.25) is 0 Å². The van der Waals surface area contributed by atoms with Crippen molar-refractivity contribution >= 4 is 18.2 Å². The Kier molecular flexibility index (Phi) is 5.37. The highest BCUT2D eigenvalue weighted by Crippen LogP contribution is 1.97. The fourth-order valence-electron chi connectivity index (χ4n) is 1.18. The van der Waals surface area contributed by atoms with Gasteiger partial charge < -0.3 is 10.5 Å². The normalized spacial score (nSPS) is 10.3. The number of carbonyl (C=O) groups excluding carboxylic acids is 2. The van der Waals surface area contributed by atoms with Crippen LogP contribution in [0.1, 0.15) is 12.5 Å².